The number of hydrogen-bond donors (Lipinski definition) is 1. The molecule has 0 aliphatic carbocycles. The molecule has 2 aromatic heterocycles. The average molecular weight is 555 g/mol. The van der Waals surface area contributed by atoms with Crippen molar-refractivity contribution < 1.29 is 4.74 Å². The summed E-state index contributed by atoms with van der Waals surface area (Å²) in [7, 11) is 0. The second kappa shape index (κ2) is 10.5. The highest BCUT2D eigenvalue weighted by Crippen LogP contribution is 2.42. The largest absolute Gasteiger partial charge is 0.439 e. The second-order valence-electron chi connectivity index (χ2n) is 10.4. The number of pyridine rings is 2. The molecule has 2 aliphatic rings. The van der Waals surface area contributed by atoms with Crippen LogP contribution in [0.2, 0.25) is 0 Å². The highest BCUT2D eigenvalue weighted by Gasteiger charge is 2.21. The Morgan fingerprint density at radius 1 is 0.605 bits per heavy atom. The van der Waals surface area contributed by atoms with Gasteiger partial charge in [0.2, 0.25) is 5.88 Å². The summed E-state index contributed by atoms with van der Waals surface area (Å²) in [6.45, 7) is 0. The number of benzene rings is 4. The number of para-hydroxylation sites is 3. The van der Waals surface area contributed by atoms with E-state index >= 15 is 0 Å². The molecule has 1 N–H and O–H groups in total. The van der Waals surface area contributed by atoms with Crippen LogP contribution in [0.15, 0.2) is 128 Å². The molecule has 0 unspecified atom stereocenters. The van der Waals surface area contributed by atoms with Crippen LogP contribution in [0.5, 0.6) is 11.6 Å². The summed E-state index contributed by atoms with van der Waals surface area (Å²) in [4.78, 5) is 11.9. The van der Waals surface area contributed by atoms with Gasteiger partial charge in [0.15, 0.2) is 0 Å². The van der Waals surface area contributed by atoms with Crippen molar-refractivity contribution in [3.05, 3.63) is 150 Å². The van der Waals surface area contributed by atoms with E-state index < -0.39 is 0 Å². The third kappa shape index (κ3) is 4.63. The molecule has 5 heteroatoms. The lowest BCUT2D eigenvalue weighted by Gasteiger charge is -2.26. The highest BCUT2D eigenvalue weighted by molar-refractivity contribution is 5.94. The zero-order chi connectivity index (χ0) is 28.6. The molecule has 0 bridgehead atoms. The molecular weight excluding hydrogens is 528 g/mol. The van der Waals surface area contributed by atoms with Gasteiger partial charge in [0.1, 0.15) is 11.6 Å². The normalized spacial score (nSPS) is 12.6. The number of anilines is 5. The summed E-state index contributed by atoms with van der Waals surface area (Å²) in [6.07, 6.45) is 10.4. The van der Waals surface area contributed by atoms with Crippen LogP contribution in [0.4, 0.5) is 28.6 Å². The molecule has 6 aromatic rings. The Balaban J connectivity index is 1.14. The van der Waals surface area contributed by atoms with Crippen LogP contribution in [-0.2, 0) is 0 Å². The molecule has 8 rings (SSSR count). The molecule has 0 atom stereocenters. The smallest absolute Gasteiger partial charge is 0.219 e. The van der Waals surface area contributed by atoms with Gasteiger partial charge in [0.05, 0.1) is 22.8 Å². The number of ether oxygens (including phenoxy) is 1. The van der Waals surface area contributed by atoms with Crippen molar-refractivity contribution in [2.24, 2.45) is 0 Å². The average Bonchev–Trinajstić information content (AvgIpc) is 3.35. The zero-order valence-corrected chi connectivity index (χ0v) is 23.2. The number of rotatable bonds is 4. The standard InChI is InChI=1S/C38H26N4O/c1-3-16-33-26(9-1)20-22-28-11-5-15-32(37(28)41-33)34-17-7-19-36(40-34)43-31-14-6-13-30(25-31)42-35-18-4-2-10-27(35)21-23-29-12-8-24-39-38(29)42/h1-25,41H. The zero-order valence-electron chi connectivity index (χ0n) is 23.2. The minimum absolute atomic E-state index is 0.522. The summed E-state index contributed by atoms with van der Waals surface area (Å²) in [5.74, 6) is 2.08. The Labute approximate surface area is 250 Å². The first-order valence-corrected chi connectivity index (χ1v) is 14.2. The predicted octanol–water partition coefficient (Wildman–Crippen LogP) is 10.1. The molecule has 204 valence electrons. The van der Waals surface area contributed by atoms with Gasteiger partial charge in [-0.3, -0.25) is 4.90 Å². The molecule has 0 radical (unpaired) electrons. The monoisotopic (exact) mass is 554 g/mol. The molecule has 43 heavy (non-hydrogen) atoms. The molecule has 2 aliphatic heterocycles. The van der Waals surface area contributed by atoms with Crippen molar-refractivity contribution in [1.29, 1.82) is 0 Å². The van der Waals surface area contributed by atoms with E-state index in [4.69, 9.17) is 14.7 Å². The second-order valence-corrected chi connectivity index (χ2v) is 10.4. The van der Waals surface area contributed by atoms with Crippen LogP contribution in [0.25, 0.3) is 35.6 Å². The summed E-state index contributed by atoms with van der Waals surface area (Å²) in [6, 6.07) is 40.9. The lowest BCUT2D eigenvalue weighted by Crippen LogP contribution is -2.13. The SMILES string of the molecule is C1=Cc2cccc(-c3cccc(Oc4cccc(N5c6ccccc6C=Cc6cccnc65)c4)n3)c2Nc2ccccc21. The maximum Gasteiger partial charge on any atom is 0.219 e. The van der Waals surface area contributed by atoms with Crippen molar-refractivity contribution in [3.8, 4) is 22.9 Å². The topological polar surface area (TPSA) is 50.3 Å². The van der Waals surface area contributed by atoms with Crippen LogP contribution < -0.4 is 15.0 Å². The molecule has 0 saturated carbocycles. The molecule has 0 spiro atoms. The molecule has 0 fully saturated rings. The van der Waals surface area contributed by atoms with E-state index in [1.54, 1.807) is 0 Å². The number of nitrogens with zero attached hydrogens (tertiary/aromatic N) is 3. The Kier molecular flexibility index (Phi) is 6.05. The van der Waals surface area contributed by atoms with E-state index in [1.807, 2.05) is 54.7 Å². The maximum atomic E-state index is 6.40. The van der Waals surface area contributed by atoms with Gasteiger partial charge in [-0.05, 0) is 59.2 Å². The molecule has 0 amide bonds. The minimum Gasteiger partial charge on any atom is -0.439 e. The fraction of sp³-hybridized carbons (Fsp3) is 0. The Morgan fingerprint density at radius 3 is 2.33 bits per heavy atom. The van der Waals surface area contributed by atoms with Crippen LogP contribution >= 0.6 is 0 Å². The fourth-order valence-corrected chi connectivity index (χ4v) is 5.67. The van der Waals surface area contributed by atoms with Crippen molar-refractivity contribution in [1.82, 2.24) is 9.97 Å². The van der Waals surface area contributed by atoms with Gasteiger partial charge in [-0.1, -0.05) is 91.0 Å². The van der Waals surface area contributed by atoms with Crippen LogP contribution in [0.3, 0.4) is 0 Å². The first-order chi connectivity index (χ1) is 21.3. The van der Waals surface area contributed by atoms with Gasteiger partial charge in [-0.2, -0.15) is 0 Å². The van der Waals surface area contributed by atoms with Gasteiger partial charge in [-0.15, -0.1) is 0 Å². The van der Waals surface area contributed by atoms with Gasteiger partial charge < -0.3 is 10.1 Å². The number of hydrogen-bond acceptors (Lipinski definition) is 5. The van der Waals surface area contributed by atoms with Gasteiger partial charge in [0, 0.05) is 35.1 Å². The molecule has 4 heterocycles. The van der Waals surface area contributed by atoms with Gasteiger partial charge in [0.25, 0.3) is 0 Å². The Bertz CT molecular complexity index is 2010. The van der Waals surface area contributed by atoms with E-state index in [9.17, 15) is 0 Å². The third-order valence-corrected chi connectivity index (χ3v) is 7.71. The van der Waals surface area contributed by atoms with E-state index in [2.05, 4.69) is 107 Å². The lowest BCUT2D eigenvalue weighted by molar-refractivity contribution is 0.464. The maximum absolute atomic E-state index is 6.40. The van der Waals surface area contributed by atoms with Crippen LogP contribution in [-0.4, -0.2) is 9.97 Å². The van der Waals surface area contributed by atoms with Gasteiger partial charge in [-0.25, -0.2) is 9.97 Å². The summed E-state index contributed by atoms with van der Waals surface area (Å²) in [5.41, 5.74) is 10.4. The summed E-state index contributed by atoms with van der Waals surface area (Å²) < 4.78 is 6.40. The van der Waals surface area contributed by atoms with Crippen LogP contribution in [0, 0.1) is 0 Å². The van der Waals surface area contributed by atoms with Crippen molar-refractivity contribution in [2.45, 2.75) is 0 Å². The Hall–Kier alpha value is -5.94. The van der Waals surface area contributed by atoms with Crippen molar-refractivity contribution in [3.63, 3.8) is 0 Å². The first kappa shape index (κ1) is 24.8. The molecule has 5 nitrogen and oxygen atoms in total. The number of aromatic nitrogens is 2. The molecule has 4 aromatic carbocycles. The summed E-state index contributed by atoms with van der Waals surface area (Å²) in [5, 5.41) is 3.64. The van der Waals surface area contributed by atoms with E-state index in [-0.39, 0.29) is 0 Å². The quantitative estimate of drug-likeness (QED) is 0.235. The van der Waals surface area contributed by atoms with E-state index in [0.717, 1.165) is 62.1 Å². The van der Waals surface area contributed by atoms with Crippen molar-refractivity contribution in [2.75, 3.05) is 10.2 Å². The van der Waals surface area contributed by atoms with E-state index in [0.29, 0.717) is 11.6 Å². The van der Waals surface area contributed by atoms with E-state index in [1.165, 1.54) is 0 Å². The third-order valence-electron chi connectivity index (χ3n) is 7.71. The first-order valence-electron chi connectivity index (χ1n) is 14.2. The lowest BCUT2D eigenvalue weighted by atomic mass is 10.0. The molecule has 0 saturated heterocycles. The predicted molar refractivity (Wildman–Crippen MR) is 176 cm³/mol. The minimum atomic E-state index is 0.522. The molecular formula is C38H26N4O. The fourth-order valence-electron chi connectivity index (χ4n) is 5.67. The number of nitrogens with one attached hydrogen (secondary N) is 1. The van der Waals surface area contributed by atoms with Crippen molar-refractivity contribution >= 4 is 52.9 Å². The van der Waals surface area contributed by atoms with Gasteiger partial charge >= 0.3 is 0 Å². The summed E-state index contributed by atoms with van der Waals surface area (Å²) >= 11 is 0. The van der Waals surface area contributed by atoms with Crippen LogP contribution in [0.1, 0.15) is 22.3 Å². The highest BCUT2D eigenvalue weighted by atomic mass is 16.5. The number of fused-ring (bicyclic) bond motifs is 4. The Morgan fingerprint density at radius 2 is 1.35 bits per heavy atom.